The largest absolute Gasteiger partial charge is 0.478 e. The molecule has 1 aliphatic heterocycles. The lowest BCUT2D eigenvalue weighted by Crippen LogP contribution is -2.31. The fraction of sp³-hybridized carbons (Fsp3) is 0.444. The van der Waals surface area contributed by atoms with E-state index in [4.69, 9.17) is 10.5 Å². The number of carbonyl (C=O) groups is 3. The van der Waals surface area contributed by atoms with Gasteiger partial charge in [-0.3, -0.25) is 14.4 Å². The number of aromatic nitrogens is 1. The number of ether oxygens (including phenoxy) is 1. The van der Waals surface area contributed by atoms with Crippen LogP contribution in [0.4, 0.5) is 11.4 Å². The lowest BCUT2D eigenvalue weighted by atomic mass is 9.77. The zero-order chi connectivity index (χ0) is 31.8. The van der Waals surface area contributed by atoms with Crippen LogP contribution in [0.5, 0.6) is 5.88 Å². The molecule has 1 fully saturated rings. The molecule has 1 aliphatic carbocycles. The third-order valence-electron chi connectivity index (χ3n) is 8.96. The molecule has 4 N–H and O–H groups in total. The van der Waals surface area contributed by atoms with Crippen molar-refractivity contribution in [3.8, 4) is 17.0 Å². The first-order chi connectivity index (χ1) is 21.8. The number of nitrogens with zero attached hydrogens (tertiary/aromatic N) is 2. The molecule has 0 unspecified atom stereocenters. The zero-order valence-electron chi connectivity index (χ0n) is 26.4. The smallest absolute Gasteiger partial charge is 0.228 e. The van der Waals surface area contributed by atoms with Gasteiger partial charge in [0.15, 0.2) is 5.78 Å². The molecule has 1 atom stereocenters. The monoisotopic (exact) mass is 611 g/mol. The van der Waals surface area contributed by atoms with Crippen LogP contribution in [0.15, 0.2) is 60.8 Å². The van der Waals surface area contributed by atoms with Crippen LogP contribution in [0.1, 0.15) is 54.4 Å². The highest BCUT2D eigenvalue weighted by molar-refractivity contribution is 6.09. The van der Waals surface area contributed by atoms with E-state index in [1.807, 2.05) is 44.4 Å². The van der Waals surface area contributed by atoms with Crippen molar-refractivity contribution in [1.29, 1.82) is 0 Å². The summed E-state index contributed by atoms with van der Waals surface area (Å²) in [5.74, 6) is 0.482. The van der Waals surface area contributed by atoms with E-state index in [1.165, 1.54) is 0 Å². The van der Waals surface area contributed by atoms with E-state index in [0.29, 0.717) is 48.3 Å². The molecular formula is C36H45N5O4. The van der Waals surface area contributed by atoms with E-state index < -0.39 is 5.92 Å². The van der Waals surface area contributed by atoms with Crippen molar-refractivity contribution in [2.24, 2.45) is 23.5 Å². The van der Waals surface area contributed by atoms with E-state index >= 15 is 0 Å². The maximum Gasteiger partial charge on any atom is 0.228 e. The number of amides is 1. The summed E-state index contributed by atoms with van der Waals surface area (Å²) in [7, 11) is 4.08. The quantitative estimate of drug-likeness (QED) is 0.212. The Morgan fingerprint density at radius 1 is 1.07 bits per heavy atom. The van der Waals surface area contributed by atoms with Crippen molar-refractivity contribution in [1.82, 2.24) is 9.88 Å². The van der Waals surface area contributed by atoms with Gasteiger partial charge in [-0.2, -0.15) is 0 Å². The predicted molar refractivity (Wildman–Crippen MR) is 178 cm³/mol. The number of hydrogen-bond acceptors (Lipinski definition) is 8. The molecule has 9 nitrogen and oxygen atoms in total. The molecule has 3 aromatic rings. The number of hydrogen-bond donors (Lipinski definition) is 3. The normalized spacial score (nSPS) is 18.3. The number of nitrogens with one attached hydrogen (secondary N) is 2. The first kappa shape index (κ1) is 32.3. The molecule has 2 heterocycles. The zero-order valence-corrected chi connectivity index (χ0v) is 26.4. The van der Waals surface area contributed by atoms with Crippen molar-refractivity contribution >= 4 is 28.8 Å². The Balaban J connectivity index is 1.29. The maximum absolute atomic E-state index is 13.7. The molecule has 0 bridgehead atoms. The van der Waals surface area contributed by atoms with Crippen molar-refractivity contribution in [3.05, 3.63) is 71.9 Å². The van der Waals surface area contributed by atoms with Gasteiger partial charge in [0, 0.05) is 59.6 Å². The van der Waals surface area contributed by atoms with Gasteiger partial charge < -0.3 is 26.0 Å². The first-order valence-electron chi connectivity index (χ1n) is 16.1. The van der Waals surface area contributed by atoms with Crippen molar-refractivity contribution < 1.29 is 19.1 Å². The average molecular weight is 612 g/mol. The van der Waals surface area contributed by atoms with Gasteiger partial charge in [0.1, 0.15) is 5.78 Å². The topological polar surface area (TPSA) is 127 Å². The van der Waals surface area contributed by atoms with Crippen LogP contribution in [0.2, 0.25) is 0 Å². The second kappa shape index (κ2) is 15.3. The van der Waals surface area contributed by atoms with Crippen LogP contribution in [0.25, 0.3) is 11.1 Å². The van der Waals surface area contributed by atoms with Crippen LogP contribution in [-0.2, 0) is 16.0 Å². The molecule has 2 aliphatic rings. The Bertz CT molecular complexity index is 1480. The molecule has 9 heteroatoms. The minimum atomic E-state index is -0.543. The molecule has 0 spiro atoms. The summed E-state index contributed by atoms with van der Waals surface area (Å²) in [6, 6.07) is 17.2. The molecule has 1 aromatic heterocycles. The molecule has 238 valence electrons. The van der Waals surface area contributed by atoms with Crippen LogP contribution in [-0.4, -0.2) is 67.7 Å². The number of pyridine rings is 1. The predicted octanol–water partition coefficient (Wildman–Crippen LogP) is 5.21. The molecule has 0 saturated heterocycles. The van der Waals surface area contributed by atoms with Crippen LogP contribution in [0, 0.1) is 17.8 Å². The summed E-state index contributed by atoms with van der Waals surface area (Å²) in [5, 5.41) is 6.10. The minimum Gasteiger partial charge on any atom is -0.478 e. The third-order valence-corrected chi connectivity index (χ3v) is 8.96. The molecule has 2 aromatic carbocycles. The van der Waals surface area contributed by atoms with Gasteiger partial charge in [-0.05, 0) is 100 Å². The van der Waals surface area contributed by atoms with Gasteiger partial charge >= 0.3 is 0 Å². The average Bonchev–Trinajstić information content (AvgIpc) is 3.42. The van der Waals surface area contributed by atoms with Crippen LogP contribution >= 0.6 is 0 Å². The number of ketones is 2. The number of benzene rings is 2. The van der Waals surface area contributed by atoms with Gasteiger partial charge in [-0.1, -0.05) is 24.3 Å². The third kappa shape index (κ3) is 8.77. The molecular weight excluding hydrogens is 566 g/mol. The lowest BCUT2D eigenvalue weighted by molar-refractivity contribution is -0.129. The Morgan fingerprint density at radius 2 is 1.89 bits per heavy atom. The maximum atomic E-state index is 13.7. The first-order valence-corrected chi connectivity index (χ1v) is 16.1. The second-order valence-corrected chi connectivity index (χ2v) is 12.6. The number of fused-ring (bicyclic) bond motifs is 1. The van der Waals surface area contributed by atoms with Crippen LogP contribution in [0.3, 0.4) is 0 Å². The number of anilines is 2. The summed E-state index contributed by atoms with van der Waals surface area (Å²) >= 11 is 0. The molecule has 1 saturated carbocycles. The molecule has 0 radical (unpaired) electrons. The van der Waals surface area contributed by atoms with Crippen molar-refractivity contribution in [2.45, 2.75) is 44.9 Å². The number of nitrogens with two attached hydrogens (primary N) is 1. The summed E-state index contributed by atoms with van der Waals surface area (Å²) in [6.45, 7) is 2.48. The van der Waals surface area contributed by atoms with Crippen molar-refractivity contribution in [2.75, 3.05) is 51.0 Å². The standard InChI is InChI=1S/C36H45N5O4/c1-41(2)15-4-16-45-35-14-11-28(22-39-35)27-6-3-5-25(17-27)18-29(19-33(42)26-9-7-24(21-37)8-10-26)36(44)40-30-12-13-31-32(20-30)38-23-34(31)43/h3,5-6,11-14,17,20,22,24,26,29,38H,4,7-10,15-16,18-19,21,23,37H2,1-2H3,(H,40,44)/t24?,26?,29-/m1/s1. The van der Waals surface area contributed by atoms with Gasteiger partial charge in [-0.15, -0.1) is 0 Å². The molecule has 5 rings (SSSR count). The van der Waals surface area contributed by atoms with Gasteiger partial charge in [-0.25, -0.2) is 4.98 Å². The SMILES string of the molecule is CN(C)CCCOc1ccc(-c2cccc(C[C@H](CC(=O)C3CCC(CN)CC3)C(=O)Nc3ccc4c(c3)NCC4=O)c2)cn1. The highest BCUT2D eigenvalue weighted by Gasteiger charge is 2.30. The van der Waals surface area contributed by atoms with E-state index in [9.17, 15) is 14.4 Å². The minimum absolute atomic E-state index is 0.0284. The summed E-state index contributed by atoms with van der Waals surface area (Å²) in [5.41, 5.74) is 10.7. The Labute approximate surface area is 265 Å². The summed E-state index contributed by atoms with van der Waals surface area (Å²) in [4.78, 5) is 45.9. The Hall–Kier alpha value is -4.08. The number of Topliss-reactive ketones (excluding diaryl/α,β-unsaturated/α-hetero) is 2. The highest BCUT2D eigenvalue weighted by Crippen LogP contribution is 2.32. The van der Waals surface area contributed by atoms with E-state index in [1.54, 1.807) is 24.4 Å². The van der Waals surface area contributed by atoms with E-state index in [2.05, 4.69) is 26.6 Å². The number of rotatable bonds is 14. The van der Waals surface area contributed by atoms with E-state index in [-0.39, 0.29) is 36.4 Å². The Kier molecular flexibility index (Phi) is 11.0. The van der Waals surface area contributed by atoms with Gasteiger partial charge in [0.05, 0.1) is 13.2 Å². The summed E-state index contributed by atoms with van der Waals surface area (Å²) < 4.78 is 5.79. The van der Waals surface area contributed by atoms with Gasteiger partial charge in [0.25, 0.3) is 0 Å². The van der Waals surface area contributed by atoms with E-state index in [0.717, 1.165) is 55.3 Å². The Morgan fingerprint density at radius 3 is 2.62 bits per heavy atom. The molecule has 45 heavy (non-hydrogen) atoms. The van der Waals surface area contributed by atoms with Crippen molar-refractivity contribution in [3.63, 3.8) is 0 Å². The van der Waals surface area contributed by atoms with Crippen LogP contribution < -0.4 is 21.1 Å². The highest BCUT2D eigenvalue weighted by atomic mass is 16.5. The lowest BCUT2D eigenvalue weighted by Gasteiger charge is -2.27. The fourth-order valence-electron chi connectivity index (χ4n) is 6.27. The van der Waals surface area contributed by atoms with Gasteiger partial charge in [0.2, 0.25) is 11.8 Å². The molecule has 1 amide bonds. The second-order valence-electron chi connectivity index (χ2n) is 12.6. The summed E-state index contributed by atoms with van der Waals surface area (Å²) in [6.07, 6.45) is 6.91. The fourth-order valence-corrected chi connectivity index (χ4v) is 6.27. The number of carbonyl (C=O) groups excluding carboxylic acids is 3.